The van der Waals surface area contributed by atoms with Gasteiger partial charge in [-0.15, -0.1) is 0 Å². The fraction of sp³-hybridized carbons (Fsp3) is 0.409. The molecule has 0 saturated carbocycles. The number of hydrogen-bond donors (Lipinski definition) is 1. The van der Waals surface area contributed by atoms with E-state index in [0.29, 0.717) is 36.8 Å². The number of hydrogen-bond acceptors (Lipinski definition) is 5. The Morgan fingerprint density at radius 2 is 1.70 bits per heavy atom. The Hall–Kier alpha value is -2.74. The van der Waals surface area contributed by atoms with Crippen molar-refractivity contribution in [3.8, 4) is 11.5 Å². The average Bonchev–Trinajstić information content (AvgIpc) is 2.69. The summed E-state index contributed by atoms with van der Waals surface area (Å²) in [5.74, 6) is 1.23. The summed E-state index contributed by atoms with van der Waals surface area (Å²) in [5.41, 5.74) is 2.46. The van der Waals surface area contributed by atoms with Crippen LogP contribution in [0.1, 0.15) is 24.0 Å². The number of ether oxygens (including phenoxy) is 2. The van der Waals surface area contributed by atoms with Crippen LogP contribution in [0.4, 0.5) is 5.69 Å². The smallest absolute Gasteiger partial charge is 0.232 e. The maximum absolute atomic E-state index is 12.3. The third-order valence-corrected chi connectivity index (χ3v) is 5.75. The molecule has 0 aliphatic rings. The first kappa shape index (κ1) is 23.5. The standard InChI is InChI=1S/C22H30N2O5S/c1-17-8-5-9-18(2)22(17)24(30(4,26)27)14-7-12-21(25)23-13-15-29-20-11-6-10-19(16-20)28-3/h5-6,8-11,16H,7,12-15H2,1-4H3,(H,23,25). The zero-order valence-corrected chi connectivity index (χ0v) is 18.8. The first-order valence-corrected chi connectivity index (χ1v) is 11.6. The summed E-state index contributed by atoms with van der Waals surface area (Å²) in [6, 6.07) is 12.9. The molecule has 0 fully saturated rings. The number of methoxy groups -OCH3 is 1. The van der Waals surface area contributed by atoms with Crippen molar-refractivity contribution in [3.05, 3.63) is 53.6 Å². The zero-order chi connectivity index (χ0) is 22.1. The summed E-state index contributed by atoms with van der Waals surface area (Å²) in [6.45, 7) is 4.71. The summed E-state index contributed by atoms with van der Waals surface area (Å²) in [4.78, 5) is 12.1. The highest BCUT2D eigenvalue weighted by molar-refractivity contribution is 7.92. The molecular formula is C22H30N2O5S. The highest BCUT2D eigenvalue weighted by atomic mass is 32.2. The van der Waals surface area contributed by atoms with Crippen molar-refractivity contribution in [2.45, 2.75) is 26.7 Å². The molecule has 2 aromatic carbocycles. The molecule has 0 unspecified atom stereocenters. The van der Waals surface area contributed by atoms with Crippen molar-refractivity contribution < 1.29 is 22.7 Å². The molecule has 0 atom stereocenters. The van der Waals surface area contributed by atoms with Crippen LogP contribution in [0.3, 0.4) is 0 Å². The van der Waals surface area contributed by atoms with Crippen LogP contribution < -0.4 is 19.1 Å². The molecule has 30 heavy (non-hydrogen) atoms. The summed E-state index contributed by atoms with van der Waals surface area (Å²) >= 11 is 0. The van der Waals surface area contributed by atoms with Gasteiger partial charge < -0.3 is 14.8 Å². The number of nitrogens with one attached hydrogen (secondary N) is 1. The number of aryl methyl sites for hydroxylation is 2. The lowest BCUT2D eigenvalue weighted by atomic mass is 10.1. The lowest BCUT2D eigenvalue weighted by Crippen LogP contribution is -2.33. The SMILES string of the molecule is COc1cccc(OCCNC(=O)CCCN(c2c(C)cccc2C)S(C)(=O)=O)c1. The normalized spacial score (nSPS) is 11.1. The lowest BCUT2D eigenvalue weighted by Gasteiger charge is -2.26. The van der Waals surface area contributed by atoms with Crippen LogP contribution in [-0.4, -0.2) is 47.4 Å². The third-order valence-electron chi connectivity index (χ3n) is 4.59. The number of carbonyl (C=O) groups excluding carboxylic acids is 1. The molecule has 1 amide bonds. The molecule has 2 aromatic rings. The summed E-state index contributed by atoms with van der Waals surface area (Å²) < 4.78 is 36.7. The minimum absolute atomic E-state index is 0.140. The van der Waals surface area contributed by atoms with Crippen LogP contribution in [-0.2, 0) is 14.8 Å². The van der Waals surface area contributed by atoms with Gasteiger partial charge in [0.15, 0.2) is 0 Å². The van der Waals surface area contributed by atoms with Gasteiger partial charge in [-0.05, 0) is 43.5 Å². The molecule has 164 valence electrons. The number of rotatable bonds is 11. The first-order chi connectivity index (χ1) is 14.2. The Labute approximate surface area is 179 Å². The van der Waals surface area contributed by atoms with E-state index in [2.05, 4.69) is 5.32 Å². The molecular weight excluding hydrogens is 404 g/mol. The fourth-order valence-electron chi connectivity index (χ4n) is 3.16. The second kappa shape index (κ2) is 10.9. The quantitative estimate of drug-likeness (QED) is 0.550. The van der Waals surface area contributed by atoms with Crippen molar-refractivity contribution in [1.29, 1.82) is 0 Å². The second-order valence-corrected chi connectivity index (χ2v) is 8.96. The molecule has 0 radical (unpaired) electrons. The highest BCUT2D eigenvalue weighted by Crippen LogP contribution is 2.27. The lowest BCUT2D eigenvalue weighted by molar-refractivity contribution is -0.121. The van der Waals surface area contributed by atoms with Crippen molar-refractivity contribution in [3.63, 3.8) is 0 Å². The third kappa shape index (κ3) is 6.95. The van der Waals surface area contributed by atoms with Crippen molar-refractivity contribution in [2.24, 2.45) is 0 Å². The van der Waals surface area contributed by atoms with Crippen LogP contribution in [0.2, 0.25) is 0 Å². The maximum Gasteiger partial charge on any atom is 0.232 e. The Balaban J connectivity index is 1.80. The molecule has 8 heteroatoms. The van der Waals surface area contributed by atoms with E-state index >= 15 is 0 Å². The van der Waals surface area contributed by atoms with Crippen LogP contribution in [0.25, 0.3) is 0 Å². The number of benzene rings is 2. The molecule has 7 nitrogen and oxygen atoms in total. The summed E-state index contributed by atoms with van der Waals surface area (Å²) in [7, 11) is -1.86. The molecule has 0 aliphatic carbocycles. The number of carbonyl (C=O) groups is 1. The van der Waals surface area contributed by atoms with Crippen LogP contribution >= 0.6 is 0 Å². The largest absolute Gasteiger partial charge is 0.497 e. The topological polar surface area (TPSA) is 84.9 Å². The van der Waals surface area contributed by atoms with Gasteiger partial charge in [0, 0.05) is 19.0 Å². The average molecular weight is 435 g/mol. The minimum Gasteiger partial charge on any atom is -0.497 e. The molecule has 0 spiro atoms. The monoisotopic (exact) mass is 434 g/mol. The Kier molecular flexibility index (Phi) is 8.53. The number of anilines is 1. The van der Waals surface area contributed by atoms with Crippen LogP contribution in [0, 0.1) is 13.8 Å². The van der Waals surface area contributed by atoms with E-state index in [1.807, 2.05) is 50.2 Å². The zero-order valence-electron chi connectivity index (χ0n) is 18.0. The minimum atomic E-state index is -3.45. The Morgan fingerprint density at radius 1 is 1.07 bits per heavy atom. The van der Waals surface area contributed by atoms with Crippen molar-refractivity contribution in [1.82, 2.24) is 5.32 Å². The van der Waals surface area contributed by atoms with Gasteiger partial charge in [-0.1, -0.05) is 24.3 Å². The first-order valence-electron chi connectivity index (χ1n) is 9.80. The number of amides is 1. The molecule has 0 bridgehead atoms. The van der Waals surface area contributed by atoms with E-state index in [9.17, 15) is 13.2 Å². The number of nitrogens with zero attached hydrogens (tertiary/aromatic N) is 1. The Morgan fingerprint density at radius 3 is 2.33 bits per heavy atom. The molecule has 0 aliphatic heterocycles. The molecule has 0 saturated heterocycles. The van der Waals surface area contributed by atoms with E-state index in [4.69, 9.17) is 9.47 Å². The van der Waals surface area contributed by atoms with Gasteiger partial charge in [-0.3, -0.25) is 9.10 Å². The number of para-hydroxylation sites is 1. The number of sulfonamides is 1. The predicted molar refractivity (Wildman–Crippen MR) is 119 cm³/mol. The molecule has 0 heterocycles. The predicted octanol–water partition coefficient (Wildman–Crippen LogP) is 3.05. The Bertz CT molecular complexity index is 940. The van der Waals surface area contributed by atoms with Gasteiger partial charge >= 0.3 is 0 Å². The van der Waals surface area contributed by atoms with Gasteiger partial charge in [-0.25, -0.2) is 8.42 Å². The molecule has 1 N–H and O–H groups in total. The van der Waals surface area contributed by atoms with E-state index in [-0.39, 0.29) is 18.9 Å². The van der Waals surface area contributed by atoms with E-state index < -0.39 is 10.0 Å². The van der Waals surface area contributed by atoms with E-state index in [0.717, 1.165) is 11.1 Å². The second-order valence-electron chi connectivity index (χ2n) is 7.06. The summed E-state index contributed by atoms with van der Waals surface area (Å²) in [5, 5.41) is 2.79. The van der Waals surface area contributed by atoms with Gasteiger partial charge in [0.1, 0.15) is 18.1 Å². The summed E-state index contributed by atoms with van der Waals surface area (Å²) in [6.07, 6.45) is 1.84. The fourth-order valence-corrected chi connectivity index (χ4v) is 4.24. The highest BCUT2D eigenvalue weighted by Gasteiger charge is 2.20. The van der Waals surface area contributed by atoms with Crippen LogP contribution in [0.15, 0.2) is 42.5 Å². The van der Waals surface area contributed by atoms with Crippen LogP contribution in [0.5, 0.6) is 11.5 Å². The molecule has 0 aromatic heterocycles. The van der Waals surface area contributed by atoms with E-state index in [1.165, 1.54) is 10.6 Å². The van der Waals surface area contributed by atoms with Gasteiger partial charge in [0.2, 0.25) is 15.9 Å². The maximum atomic E-state index is 12.3. The van der Waals surface area contributed by atoms with Gasteiger partial charge in [0.05, 0.1) is 25.6 Å². The van der Waals surface area contributed by atoms with Gasteiger partial charge in [-0.2, -0.15) is 0 Å². The van der Waals surface area contributed by atoms with Crippen molar-refractivity contribution >= 4 is 21.6 Å². The molecule has 2 rings (SSSR count). The van der Waals surface area contributed by atoms with Gasteiger partial charge in [0.25, 0.3) is 0 Å². The van der Waals surface area contributed by atoms with E-state index in [1.54, 1.807) is 13.2 Å². The van der Waals surface area contributed by atoms with Crippen molar-refractivity contribution in [2.75, 3.05) is 37.4 Å².